The number of carbonyl (C=O) groups is 1. The van der Waals surface area contributed by atoms with E-state index in [-0.39, 0.29) is 12.5 Å². The summed E-state index contributed by atoms with van der Waals surface area (Å²) in [5, 5.41) is 8.34. The first-order valence-corrected chi connectivity index (χ1v) is 11.6. The van der Waals surface area contributed by atoms with Crippen molar-refractivity contribution in [1.82, 2.24) is 25.1 Å². The Kier molecular flexibility index (Phi) is 6.33. The average Bonchev–Trinajstić information content (AvgIpc) is 3.43. The van der Waals surface area contributed by atoms with Gasteiger partial charge in [0.05, 0.1) is 17.8 Å². The predicted molar refractivity (Wildman–Crippen MR) is 134 cm³/mol. The molecule has 8 heteroatoms. The number of nitrogens with one attached hydrogen (secondary N) is 2. The van der Waals surface area contributed by atoms with Crippen LogP contribution in [0.4, 0.5) is 4.39 Å². The van der Waals surface area contributed by atoms with Crippen LogP contribution in [0.25, 0.3) is 10.9 Å². The van der Waals surface area contributed by atoms with E-state index >= 15 is 0 Å². The minimum absolute atomic E-state index is 0.0526. The first-order valence-electron chi connectivity index (χ1n) is 11.2. The van der Waals surface area contributed by atoms with Crippen LogP contribution in [0.3, 0.4) is 0 Å². The van der Waals surface area contributed by atoms with Gasteiger partial charge in [0.15, 0.2) is 0 Å². The molecule has 3 aromatic heterocycles. The molecule has 0 fully saturated rings. The Hall–Kier alpha value is -3.97. The van der Waals surface area contributed by atoms with Crippen molar-refractivity contribution in [3.8, 4) is 0 Å². The molecule has 3 heterocycles. The highest BCUT2D eigenvalue weighted by Crippen LogP contribution is 2.25. The number of rotatable bonds is 7. The number of aromatic nitrogens is 4. The molecule has 0 atom stereocenters. The number of hydrogen-bond acceptors (Lipinski definition) is 3. The van der Waals surface area contributed by atoms with Gasteiger partial charge in [-0.15, -0.1) is 0 Å². The molecular formula is C27H23ClFN5O. The number of aromatic amines is 1. The van der Waals surface area contributed by atoms with Gasteiger partial charge >= 0.3 is 0 Å². The number of pyridine rings is 1. The molecule has 0 aliphatic rings. The van der Waals surface area contributed by atoms with Crippen molar-refractivity contribution in [2.75, 3.05) is 0 Å². The highest BCUT2D eigenvalue weighted by Gasteiger charge is 2.12. The lowest BCUT2D eigenvalue weighted by atomic mass is 10.1. The number of halogens is 2. The number of hydrogen-bond donors (Lipinski definition) is 2. The number of fused-ring (bicyclic) bond motifs is 1. The second-order valence-electron chi connectivity index (χ2n) is 8.55. The van der Waals surface area contributed by atoms with Crippen molar-refractivity contribution >= 4 is 28.4 Å². The molecule has 5 aromatic rings. The maximum atomic E-state index is 14.4. The largest absolute Gasteiger partial charge is 0.360 e. The molecule has 0 spiro atoms. The summed E-state index contributed by atoms with van der Waals surface area (Å²) in [6.07, 6.45) is 7.68. The maximum absolute atomic E-state index is 14.4. The summed E-state index contributed by atoms with van der Waals surface area (Å²) >= 11 is 6.13. The van der Waals surface area contributed by atoms with E-state index in [1.165, 1.54) is 6.07 Å². The molecule has 0 bridgehead atoms. The van der Waals surface area contributed by atoms with Gasteiger partial charge in [0.25, 0.3) is 5.91 Å². The molecule has 0 aliphatic heterocycles. The summed E-state index contributed by atoms with van der Waals surface area (Å²) in [4.78, 5) is 20.1. The van der Waals surface area contributed by atoms with Crippen molar-refractivity contribution in [3.63, 3.8) is 0 Å². The van der Waals surface area contributed by atoms with E-state index in [0.29, 0.717) is 40.0 Å². The molecule has 6 nitrogen and oxygen atoms in total. The molecule has 0 radical (unpaired) electrons. The SMILES string of the molecule is Cc1cnn(Cc2ccc(Cc3cc(C(=O)NCc4cc5c(Cl)c[nH]c5cc4F)ccn3)cc2)c1. The van der Waals surface area contributed by atoms with E-state index in [1.807, 2.05) is 24.0 Å². The third-order valence-electron chi connectivity index (χ3n) is 5.83. The second kappa shape index (κ2) is 9.72. The Balaban J connectivity index is 1.23. The predicted octanol–water partition coefficient (Wildman–Crippen LogP) is 5.43. The minimum Gasteiger partial charge on any atom is -0.360 e. The first kappa shape index (κ1) is 22.8. The van der Waals surface area contributed by atoms with E-state index < -0.39 is 5.82 Å². The number of aryl methyl sites for hydroxylation is 1. The van der Waals surface area contributed by atoms with Crippen LogP contribution in [0.1, 0.15) is 38.3 Å². The fourth-order valence-corrected chi connectivity index (χ4v) is 4.21. The molecule has 5 rings (SSSR count). The van der Waals surface area contributed by atoms with Crippen LogP contribution >= 0.6 is 11.6 Å². The molecule has 0 unspecified atom stereocenters. The van der Waals surface area contributed by atoms with Gasteiger partial charge < -0.3 is 10.3 Å². The molecule has 2 aromatic carbocycles. The molecule has 0 saturated carbocycles. The molecule has 35 heavy (non-hydrogen) atoms. The summed E-state index contributed by atoms with van der Waals surface area (Å²) < 4.78 is 16.3. The van der Waals surface area contributed by atoms with Crippen LogP contribution in [-0.2, 0) is 19.5 Å². The third-order valence-corrected chi connectivity index (χ3v) is 6.14. The quantitative estimate of drug-likeness (QED) is 0.321. The topological polar surface area (TPSA) is 75.6 Å². The van der Waals surface area contributed by atoms with Crippen LogP contribution in [0.5, 0.6) is 0 Å². The fourth-order valence-electron chi connectivity index (χ4n) is 4.00. The van der Waals surface area contributed by atoms with Crippen molar-refractivity contribution in [2.24, 2.45) is 0 Å². The summed E-state index contributed by atoms with van der Waals surface area (Å²) in [5.41, 5.74) is 5.62. The van der Waals surface area contributed by atoms with E-state index in [9.17, 15) is 9.18 Å². The summed E-state index contributed by atoms with van der Waals surface area (Å²) in [6, 6.07) is 14.7. The zero-order valence-corrected chi connectivity index (χ0v) is 19.8. The van der Waals surface area contributed by atoms with Crippen molar-refractivity contribution in [2.45, 2.75) is 26.4 Å². The van der Waals surface area contributed by atoms with Gasteiger partial charge in [-0.1, -0.05) is 35.9 Å². The van der Waals surface area contributed by atoms with Crippen LogP contribution in [0.2, 0.25) is 5.02 Å². The molecule has 0 saturated heterocycles. The lowest BCUT2D eigenvalue weighted by Gasteiger charge is -2.09. The van der Waals surface area contributed by atoms with E-state index in [4.69, 9.17) is 11.6 Å². The minimum atomic E-state index is -0.405. The number of amides is 1. The Labute approximate surface area is 206 Å². The Bertz CT molecular complexity index is 1510. The molecule has 176 valence electrons. The standard InChI is InChI=1S/C27H23ClFN5O/c1-17-12-33-34(15-17)16-19-4-2-18(3-5-19)8-22-9-20(6-7-30-22)27(35)32-13-21-10-23-24(28)14-31-26(23)11-25(21)29/h2-7,9-12,14-15,31H,8,13,16H2,1H3,(H,32,35). The number of H-pyrrole nitrogens is 1. The Morgan fingerprint density at radius 1 is 1.14 bits per heavy atom. The van der Waals surface area contributed by atoms with Gasteiger partial charge in [0.1, 0.15) is 5.82 Å². The highest BCUT2D eigenvalue weighted by atomic mass is 35.5. The smallest absolute Gasteiger partial charge is 0.251 e. The van der Waals surface area contributed by atoms with Crippen molar-refractivity contribution < 1.29 is 9.18 Å². The molecule has 1 amide bonds. The average molecular weight is 488 g/mol. The van der Waals surface area contributed by atoms with Crippen LogP contribution in [-0.4, -0.2) is 25.7 Å². The maximum Gasteiger partial charge on any atom is 0.251 e. The second-order valence-corrected chi connectivity index (χ2v) is 8.96. The normalized spacial score (nSPS) is 11.2. The van der Waals surface area contributed by atoms with Gasteiger partial charge in [-0.3, -0.25) is 14.5 Å². The summed E-state index contributed by atoms with van der Waals surface area (Å²) in [7, 11) is 0. The van der Waals surface area contributed by atoms with E-state index in [2.05, 4.69) is 44.6 Å². The van der Waals surface area contributed by atoms with E-state index in [1.54, 1.807) is 30.6 Å². The number of benzene rings is 2. The van der Waals surface area contributed by atoms with Gasteiger partial charge in [-0.2, -0.15) is 5.10 Å². The van der Waals surface area contributed by atoms with Crippen molar-refractivity contribution in [3.05, 3.63) is 118 Å². The number of carbonyl (C=O) groups excluding carboxylic acids is 1. The fraction of sp³-hybridized carbons (Fsp3) is 0.148. The van der Waals surface area contributed by atoms with Gasteiger partial charge in [0.2, 0.25) is 0 Å². The molecular weight excluding hydrogens is 465 g/mol. The van der Waals surface area contributed by atoms with Gasteiger partial charge in [-0.05, 0) is 47.9 Å². The molecule has 2 N–H and O–H groups in total. The molecule has 0 aliphatic carbocycles. The van der Waals surface area contributed by atoms with Crippen LogP contribution < -0.4 is 5.32 Å². The third kappa shape index (κ3) is 5.25. The highest BCUT2D eigenvalue weighted by molar-refractivity contribution is 6.35. The van der Waals surface area contributed by atoms with Crippen molar-refractivity contribution in [1.29, 1.82) is 0 Å². The first-order chi connectivity index (χ1) is 16.9. The Morgan fingerprint density at radius 2 is 1.94 bits per heavy atom. The Morgan fingerprint density at radius 3 is 2.71 bits per heavy atom. The van der Waals surface area contributed by atoms with Crippen LogP contribution in [0.15, 0.2) is 73.3 Å². The van der Waals surface area contributed by atoms with Gasteiger partial charge in [0, 0.05) is 59.3 Å². The lowest BCUT2D eigenvalue weighted by Crippen LogP contribution is -2.23. The monoisotopic (exact) mass is 487 g/mol. The van der Waals surface area contributed by atoms with E-state index in [0.717, 1.165) is 22.4 Å². The lowest BCUT2D eigenvalue weighted by molar-refractivity contribution is 0.0950. The van der Waals surface area contributed by atoms with Crippen LogP contribution in [0, 0.1) is 12.7 Å². The zero-order chi connectivity index (χ0) is 24.4. The number of nitrogens with zero attached hydrogens (tertiary/aromatic N) is 3. The zero-order valence-electron chi connectivity index (χ0n) is 19.1. The van der Waals surface area contributed by atoms with Gasteiger partial charge in [-0.25, -0.2) is 4.39 Å². The summed E-state index contributed by atoms with van der Waals surface area (Å²) in [6.45, 7) is 2.79. The summed E-state index contributed by atoms with van der Waals surface area (Å²) in [5.74, 6) is -0.698.